The van der Waals surface area contributed by atoms with Crippen molar-refractivity contribution in [3.63, 3.8) is 0 Å². The van der Waals surface area contributed by atoms with E-state index in [1.165, 1.54) is 0 Å². The van der Waals surface area contributed by atoms with Crippen LogP contribution in [-0.2, 0) is 4.43 Å². The highest BCUT2D eigenvalue weighted by Crippen LogP contribution is 2.24. The van der Waals surface area contributed by atoms with E-state index in [9.17, 15) is 10.2 Å². The average molecular weight is 401 g/mol. The predicted molar refractivity (Wildman–Crippen MR) is 119 cm³/mol. The summed E-state index contributed by atoms with van der Waals surface area (Å²) in [5.41, 5.74) is 0.287. The average Bonchev–Trinajstić information content (AvgIpc) is 2.66. The summed E-state index contributed by atoms with van der Waals surface area (Å²) in [5.74, 6) is -0.00355. The Hall–Kier alpha value is -1.46. The van der Waals surface area contributed by atoms with E-state index < -0.39 is 21.4 Å². The highest BCUT2D eigenvalue weighted by molar-refractivity contribution is 6.80. The molecular weight excluding hydrogens is 364 g/mol. The van der Waals surface area contributed by atoms with Gasteiger partial charge in [0.2, 0.25) is 9.04 Å². The quantitative estimate of drug-likeness (QED) is 0.474. The van der Waals surface area contributed by atoms with Gasteiger partial charge in [-0.05, 0) is 34.5 Å². The normalized spacial score (nSPS) is 15.4. The molecule has 2 N–H and O–H groups in total. The van der Waals surface area contributed by atoms with Crippen LogP contribution in [0.25, 0.3) is 0 Å². The molecule has 0 saturated heterocycles. The molecule has 2 aromatic carbocycles. The molecule has 2 rings (SSSR count). The maximum absolute atomic E-state index is 10.6. The second-order valence-corrected chi connectivity index (χ2v) is 11.4. The fourth-order valence-corrected chi connectivity index (χ4v) is 5.69. The van der Waals surface area contributed by atoms with Crippen LogP contribution in [0, 0.1) is 11.3 Å². The van der Waals surface area contributed by atoms with Gasteiger partial charge in [-0.15, -0.1) is 0 Å². The SMILES string of the molecule is CC(CC(O)O[SiH](c1ccccc1)c1ccccc1)C(O)CCCC(C)(C)C. The van der Waals surface area contributed by atoms with Crippen LogP contribution in [0.2, 0.25) is 0 Å². The van der Waals surface area contributed by atoms with Gasteiger partial charge < -0.3 is 14.6 Å². The Morgan fingerprint density at radius 1 is 0.893 bits per heavy atom. The van der Waals surface area contributed by atoms with Gasteiger partial charge in [-0.25, -0.2) is 0 Å². The first kappa shape index (κ1) is 22.8. The summed E-state index contributed by atoms with van der Waals surface area (Å²) >= 11 is 0. The van der Waals surface area contributed by atoms with E-state index >= 15 is 0 Å². The molecule has 0 spiro atoms. The molecule has 0 radical (unpaired) electrons. The molecule has 0 bridgehead atoms. The standard InChI is InChI=1S/C24H36O3Si/c1-19(22(25)16-11-17-24(2,3)4)18-23(26)27-28(20-12-7-5-8-13-20)21-14-9-6-10-15-21/h5-10,12-15,19,22-23,25-26,28H,11,16-18H2,1-4H3. The van der Waals surface area contributed by atoms with E-state index in [0.29, 0.717) is 6.42 Å². The van der Waals surface area contributed by atoms with Crippen LogP contribution in [0.15, 0.2) is 60.7 Å². The monoisotopic (exact) mass is 400 g/mol. The second-order valence-electron chi connectivity index (χ2n) is 9.03. The fourth-order valence-electron chi connectivity index (χ4n) is 3.42. The van der Waals surface area contributed by atoms with Crippen LogP contribution in [0.3, 0.4) is 0 Å². The van der Waals surface area contributed by atoms with Gasteiger partial charge in [0.05, 0.1) is 6.10 Å². The van der Waals surface area contributed by atoms with Crippen LogP contribution >= 0.6 is 0 Å². The molecule has 4 heteroatoms. The third kappa shape index (κ3) is 7.88. The van der Waals surface area contributed by atoms with Crippen LogP contribution in [0.4, 0.5) is 0 Å². The van der Waals surface area contributed by atoms with Gasteiger partial charge in [-0.2, -0.15) is 0 Å². The Labute approximate surface area is 172 Å². The number of hydrogen-bond donors (Lipinski definition) is 2. The lowest BCUT2D eigenvalue weighted by atomic mass is 9.87. The third-order valence-corrected chi connectivity index (χ3v) is 7.72. The Bertz CT molecular complexity index is 630. The number of benzene rings is 2. The zero-order valence-corrected chi connectivity index (χ0v) is 18.9. The zero-order valence-electron chi connectivity index (χ0n) is 17.7. The first-order chi connectivity index (χ1) is 13.3. The molecule has 2 aromatic rings. The summed E-state index contributed by atoms with van der Waals surface area (Å²) in [6.45, 7) is 8.66. The second kappa shape index (κ2) is 10.9. The van der Waals surface area contributed by atoms with E-state index in [1.807, 2.05) is 43.3 Å². The number of hydrogen-bond acceptors (Lipinski definition) is 3. The van der Waals surface area contributed by atoms with Crippen molar-refractivity contribution in [2.45, 2.75) is 65.8 Å². The van der Waals surface area contributed by atoms with Gasteiger partial charge >= 0.3 is 0 Å². The molecule has 0 aromatic heterocycles. The molecular formula is C24H36O3Si. The van der Waals surface area contributed by atoms with Crippen molar-refractivity contribution in [3.8, 4) is 0 Å². The minimum atomic E-state index is -1.98. The molecule has 0 saturated carbocycles. The maximum atomic E-state index is 10.6. The van der Waals surface area contributed by atoms with Crippen molar-refractivity contribution in [2.24, 2.45) is 11.3 Å². The van der Waals surface area contributed by atoms with Crippen LogP contribution in [0.5, 0.6) is 0 Å². The molecule has 0 aliphatic carbocycles. The Balaban J connectivity index is 1.95. The van der Waals surface area contributed by atoms with E-state index in [0.717, 1.165) is 29.6 Å². The molecule has 0 amide bonds. The fraction of sp³-hybridized carbons (Fsp3) is 0.500. The van der Waals surface area contributed by atoms with Crippen molar-refractivity contribution >= 4 is 19.4 Å². The zero-order chi connectivity index (χ0) is 20.6. The number of aliphatic hydroxyl groups excluding tert-OH is 2. The van der Waals surface area contributed by atoms with Crippen molar-refractivity contribution in [3.05, 3.63) is 60.7 Å². The molecule has 154 valence electrons. The van der Waals surface area contributed by atoms with E-state index in [-0.39, 0.29) is 11.3 Å². The van der Waals surface area contributed by atoms with Gasteiger partial charge in [0.25, 0.3) is 0 Å². The summed E-state index contributed by atoms with van der Waals surface area (Å²) in [6, 6.07) is 20.3. The Morgan fingerprint density at radius 2 is 1.39 bits per heavy atom. The molecule has 0 aliphatic rings. The van der Waals surface area contributed by atoms with Crippen LogP contribution < -0.4 is 10.4 Å². The van der Waals surface area contributed by atoms with Crippen molar-refractivity contribution in [1.29, 1.82) is 0 Å². The molecule has 3 nitrogen and oxygen atoms in total. The van der Waals surface area contributed by atoms with Gasteiger partial charge in [0.1, 0.15) is 6.29 Å². The van der Waals surface area contributed by atoms with Gasteiger partial charge in [-0.3, -0.25) is 0 Å². The molecule has 3 atom stereocenters. The lowest BCUT2D eigenvalue weighted by Crippen LogP contribution is -2.47. The molecule has 0 fully saturated rings. The third-order valence-electron chi connectivity index (χ3n) is 5.15. The molecule has 28 heavy (non-hydrogen) atoms. The lowest BCUT2D eigenvalue weighted by Gasteiger charge is -2.26. The lowest BCUT2D eigenvalue weighted by molar-refractivity contribution is -0.0487. The minimum Gasteiger partial charge on any atom is -0.393 e. The smallest absolute Gasteiger partial charge is 0.243 e. The topological polar surface area (TPSA) is 49.7 Å². The van der Waals surface area contributed by atoms with E-state index in [4.69, 9.17) is 4.43 Å². The number of rotatable bonds is 10. The van der Waals surface area contributed by atoms with Gasteiger partial charge in [-0.1, -0.05) is 94.8 Å². The van der Waals surface area contributed by atoms with Crippen molar-refractivity contribution in [2.75, 3.05) is 0 Å². The summed E-state index contributed by atoms with van der Waals surface area (Å²) in [7, 11) is -1.98. The summed E-state index contributed by atoms with van der Waals surface area (Å²) in [4.78, 5) is 0. The van der Waals surface area contributed by atoms with E-state index in [1.54, 1.807) is 0 Å². The van der Waals surface area contributed by atoms with Crippen LogP contribution in [-0.4, -0.2) is 31.6 Å². The minimum absolute atomic E-state index is 0.00355. The highest BCUT2D eigenvalue weighted by Gasteiger charge is 2.24. The largest absolute Gasteiger partial charge is 0.393 e. The molecule has 0 heterocycles. The maximum Gasteiger partial charge on any atom is 0.243 e. The van der Waals surface area contributed by atoms with E-state index in [2.05, 4.69) is 45.0 Å². The summed E-state index contributed by atoms with van der Waals surface area (Å²) in [6.07, 6.45) is 2.02. The Morgan fingerprint density at radius 3 is 1.86 bits per heavy atom. The summed E-state index contributed by atoms with van der Waals surface area (Å²) in [5, 5.41) is 23.4. The highest BCUT2D eigenvalue weighted by atomic mass is 28.3. The number of aliphatic hydroxyl groups is 2. The molecule has 3 unspecified atom stereocenters. The first-order valence-electron chi connectivity index (χ1n) is 10.4. The van der Waals surface area contributed by atoms with Crippen LogP contribution in [0.1, 0.15) is 53.4 Å². The first-order valence-corrected chi connectivity index (χ1v) is 12.0. The predicted octanol–water partition coefficient (Wildman–Crippen LogP) is 3.46. The summed E-state index contributed by atoms with van der Waals surface area (Å²) < 4.78 is 6.19. The van der Waals surface area contributed by atoms with Crippen molar-refractivity contribution < 1.29 is 14.6 Å². The van der Waals surface area contributed by atoms with Gasteiger partial charge in [0, 0.05) is 6.42 Å². The van der Waals surface area contributed by atoms with Gasteiger partial charge in [0.15, 0.2) is 0 Å². The molecule has 0 aliphatic heterocycles. The Kier molecular flexibility index (Phi) is 8.89. The van der Waals surface area contributed by atoms with Crippen molar-refractivity contribution in [1.82, 2.24) is 0 Å².